The summed E-state index contributed by atoms with van der Waals surface area (Å²) in [5.74, 6) is 0. The number of hydrogen-bond acceptors (Lipinski definition) is 2. The summed E-state index contributed by atoms with van der Waals surface area (Å²) >= 11 is 0. The van der Waals surface area contributed by atoms with Crippen LogP contribution in [0.25, 0.3) is 71.6 Å². The Morgan fingerprint density at radius 3 is 1.48 bits per heavy atom. The number of rotatable bonds is 10. The SMILES string of the molecule is [2H]c1c([2H])c(N(c2ccccc2)c2ccc3c4ccccc4n(-c4ccccc4)c3c2)c([2H])c([2H])c1-c1ccc2cc(N(c3ccc(-c4ccccc4)cc3)c3cccc(-c4ccccc4)c3)ccc2c1. The Kier molecular flexibility index (Phi) is 9.11. The number of fused-ring (bicyclic) bond motifs is 4. The zero-order valence-corrected chi connectivity index (χ0v) is 36.5. The van der Waals surface area contributed by atoms with E-state index in [0.29, 0.717) is 11.3 Å². The van der Waals surface area contributed by atoms with Crippen LogP contribution < -0.4 is 9.80 Å². The largest absolute Gasteiger partial charge is 0.310 e. The molecule has 1 aromatic heterocycles. The smallest absolute Gasteiger partial charge is 0.0645 e. The second-order valence-corrected chi connectivity index (χ2v) is 16.7. The van der Waals surface area contributed by atoms with Crippen LogP contribution in [0.1, 0.15) is 5.48 Å². The first-order valence-electron chi connectivity index (χ1n) is 24.6. The molecule has 316 valence electrons. The number of anilines is 6. The van der Waals surface area contributed by atoms with Crippen molar-refractivity contribution in [2.45, 2.75) is 0 Å². The van der Waals surface area contributed by atoms with Gasteiger partial charge in [0.2, 0.25) is 0 Å². The average molecular weight is 860 g/mol. The molecule has 0 saturated heterocycles. The molecule has 0 spiro atoms. The Morgan fingerprint density at radius 2 is 0.731 bits per heavy atom. The standard InChI is InChI=1S/C64H45N3/c1-5-16-46(17-6-1)48-30-35-57(36-31-48)66(58-25-15-20-50(43-58)47-18-7-2-8-19-47)59-39-34-52-42-51(28-29-53(52)44-59)49-32-37-56(38-33-49)65(54-21-9-3-10-22-54)60-40-41-62-61-26-13-14-27-63(61)67(64(62)45-60)55-23-11-4-12-24-55/h1-45H/i32D,33D,37D,38D. The molecule has 0 aliphatic carbocycles. The van der Waals surface area contributed by atoms with Crippen LogP contribution in [-0.4, -0.2) is 4.57 Å². The summed E-state index contributed by atoms with van der Waals surface area (Å²) in [4.78, 5) is 4.13. The normalized spacial score (nSPS) is 12.1. The van der Waals surface area contributed by atoms with E-state index in [2.05, 4.69) is 161 Å². The third-order valence-electron chi connectivity index (χ3n) is 12.6. The van der Waals surface area contributed by atoms with Gasteiger partial charge in [-0.15, -0.1) is 0 Å². The van der Waals surface area contributed by atoms with Gasteiger partial charge in [0, 0.05) is 50.6 Å². The maximum atomic E-state index is 9.67. The van der Waals surface area contributed by atoms with Gasteiger partial charge in [0.15, 0.2) is 0 Å². The van der Waals surface area contributed by atoms with E-state index < -0.39 is 0 Å². The van der Waals surface area contributed by atoms with E-state index in [1.54, 1.807) is 0 Å². The van der Waals surface area contributed by atoms with E-state index in [1.807, 2.05) is 102 Å². The zero-order chi connectivity index (χ0) is 48.0. The van der Waals surface area contributed by atoms with Crippen molar-refractivity contribution in [3.05, 3.63) is 273 Å². The Hall–Kier alpha value is -8.92. The molecule has 0 aliphatic heterocycles. The highest BCUT2D eigenvalue weighted by molar-refractivity contribution is 6.10. The second-order valence-electron chi connectivity index (χ2n) is 16.7. The minimum atomic E-state index is -0.129. The molecule has 12 aromatic rings. The molecular weight excluding hydrogens is 811 g/mol. The van der Waals surface area contributed by atoms with Gasteiger partial charge in [-0.2, -0.15) is 0 Å². The predicted octanol–water partition coefficient (Wildman–Crippen LogP) is 17.9. The molecule has 0 aliphatic rings. The third-order valence-corrected chi connectivity index (χ3v) is 12.6. The molecule has 0 unspecified atom stereocenters. The van der Waals surface area contributed by atoms with Crippen molar-refractivity contribution in [1.82, 2.24) is 4.57 Å². The van der Waals surface area contributed by atoms with Crippen LogP contribution in [-0.2, 0) is 0 Å². The van der Waals surface area contributed by atoms with Crippen molar-refractivity contribution in [3.63, 3.8) is 0 Å². The lowest BCUT2D eigenvalue weighted by atomic mass is 9.99. The lowest BCUT2D eigenvalue weighted by Gasteiger charge is -2.27. The summed E-state index contributed by atoms with van der Waals surface area (Å²) in [5.41, 5.74) is 13.1. The van der Waals surface area contributed by atoms with Crippen molar-refractivity contribution in [1.29, 1.82) is 0 Å². The first kappa shape index (κ1) is 35.4. The quantitative estimate of drug-likeness (QED) is 0.136. The van der Waals surface area contributed by atoms with Crippen LogP contribution in [0.4, 0.5) is 34.1 Å². The molecule has 3 heteroatoms. The summed E-state index contributed by atoms with van der Waals surface area (Å²) in [6, 6.07) is 84.3. The first-order chi connectivity index (χ1) is 34.9. The first-order valence-corrected chi connectivity index (χ1v) is 22.6. The molecule has 0 bridgehead atoms. The van der Waals surface area contributed by atoms with Crippen LogP contribution in [0.15, 0.2) is 273 Å². The van der Waals surface area contributed by atoms with E-state index in [4.69, 9.17) is 0 Å². The van der Waals surface area contributed by atoms with Gasteiger partial charge < -0.3 is 14.4 Å². The molecule has 67 heavy (non-hydrogen) atoms. The molecule has 3 nitrogen and oxygen atoms in total. The molecule has 0 saturated carbocycles. The monoisotopic (exact) mass is 859 g/mol. The van der Waals surface area contributed by atoms with Crippen molar-refractivity contribution >= 4 is 66.7 Å². The molecule has 0 amide bonds. The number of aromatic nitrogens is 1. The number of nitrogens with zero attached hydrogens (tertiary/aromatic N) is 3. The maximum absolute atomic E-state index is 9.67. The lowest BCUT2D eigenvalue weighted by Crippen LogP contribution is -2.10. The minimum absolute atomic E-state index is 0.110. The van der Waals surface area contributed by atoms with Gasteiger partial charge in [-0.1, -0.05) is 176 Å². The fourth-order valence-corrected chi connectivity index (χ4v) is 9.36. The molecule has 0 fully saturated rings. The Bertz CT molecular complexity index is 3890. The number of hydrogen-bond donors (Lipinski definition) is 0. The Balaban J connectivity index is 0.950. The maximum Gasteiger partial charge on any atom is 0.0645 e. The molecule has 0 N–H and O–H groups in total. The number of para-hydroxylation sites is 3. The van der Waals surface area contributed by atoms with Gasteiger partial charge in [0.25, 0.3) is 0 Å². The topological polar surface area (TPSA) is 11.4 Å². The zero-order valence-electron chi connectivity index (χ0n) is 40.5. The third kappa shape index (κ3) is 7.59. The Morgan fingerprint density at radius 1 is 0.269 bits per heavy atom. The van der Waals surface area contributed by atoms with Crippen molar-refractivity contribution in [3.8, 4) is 39.1 Å². The average Bonchev–Trinajstić information content (AvgIpc) is 3.76. The summed E-state index contributed by atoms with van der Waals surface area (Å²) in [6.45, 7) is 0. The van der Waals surface area contributed by atoms with E-state index in [9.17, 15) is 5.48 Å². The molecule has 11 aromatic carbocycles. The van der Waals surface area contributed by atoms with Crippen LogP contribution in [0, 0.1) is 0 Å². The van der Waals surface area contributed by atoms with Crippen LogP contribution in [0.5, 0.6) is 0 Å². The van der Waals surface area contributed by atoms with E-state index >= 15 is 0 Å². The highest BCUT2D eigenvalue weighted by Crippen LogP contribution is 2.42. The minimum Gasteiger partial charge on any atom is -0.310 e. The van der Waals surface area contributed by atoms with Crippen molar-refractivity contribution in [2.24, 2.45) is 0 Å². The van der Waals surface area contributed by atoms with Crippen molar-refractivity contribution in [2.75, 3.05) is 9.80 Å². The van der Waals surface area contributed by atoms with E-state index in [1.165, 1.54) is 0 Å². The second kappa shape index (κ2) is 17.2. The van der Waals surface area contributed by atoms with Gasteiger partial charge in [-0.25, -0.2) is 0 Å². The van der Waals surface area contributed by atoms with Gasteiger partial charge in [0.05, 0.1) is 16.5 Å². The molecule has 0 atom stereocenters. The lowest BCUT2D eigenvalue weighted by molar-refractivity contribution is 1.18. The highest BCUT2D eigenvalue weighted by atomic mass is 15.1. The van der Waals surface area contributed by atoms with E-state index in [0.717, 1.165) is 83.3 Å². The summed E-state index contributed by atoms with van der Waals surface area (Å²) in [5, 5.41) is 4.07. The Labute approximate surface area is 396 Å². The summed E-state index contributed by atoms with van der Waals surface area (Å²) in [7, 11) is 0. The fraction of sp³-hybridized carbons (Fsp3) is 0. The van der Waals surface area contributed by atoms with Gasteiger partial charge in [0.1, 0.15) is 0 Å². The molecular formula is C64H45N3. The highest BCUT2D eigenvalue weighted by Gasteiger charge is 2.19. The van der Waals surface area contributed by atoms with Crippen LogP contribution in [0.3, 0.4) is 0 Å². The number of benzene rings is 11. The van der Waals surface area contributed by atoms with Gasteiger partial charge in [-0.05, 0) is 141 Å². The van der Waals surface area contributed by atoms with Gasteiger partial charge >= 0.3 is 0 Å². The van der Waals surface area contributed by atoms with Crippen LogP contribution in [0.2, 0.25) is 0 Å². The summed E-state index contributed by atoms with van der Waals surface area (Å²) in [6.07, 6.45) is 0. The van der Waals surface area contributed by atoms with E-state index in [-0.39, 0.29) is 35.4 Å². The summed E-state index contributed by atoms with van der Waals surface area (Å²) < 4.78 is 40.8. The molecule has 0 radical (unpaired) electrons. The molecule has 1 heterocycles. The van der Waals surface area contributed by atoms with Crippen molar-refractivity contribution < 1.29 is 5.48 Å². The fourth-order valence-electron chi connectivity index (χ4n) is 9.36. The predicted molar refractivity (Wildman–Crippen MR) is 284 cm³/mol. The van der Waals surface area contributed by atoms with Gasteiger partial charge in [-0.3, -0.25) is 0 Å². The van der Waals surface area contributed by atoms with Crippen LogP contribution >= 0.6 is 0 Å². The molecule has 12 rings (SSSR count).